The van der Waals surface area contributed by atoms with Gasteiger partial charge < -0.3 is 10.0 Å². The van der Waals surface area contributed by atoms with Crippen molar-refractivity contribution >= 4 is 29.1 Å². The molecule has 1 amide bonds. The Morgan fingerprint density at radius 3 is 2.84 bits per heavy atom. The number of hydrogen-bond donors (Lipinski definition) is 1. The molecule has 1 heterocycles. The van der Waals surface area contributed by atoms with Crippen molar-refractivity contribution in [2.24, 2.45) is 5.92 Å². The van der Waals surface area contributed by atoms with Gasteiger partial charge in [-0.25, -0.2) is 4.39 Å². The Kier molecular flexibility index (Phi) is 4.66. The monoisotopic (exact) mass is 305 g/mol. The van der Waals surface area contributed by atoms with Crippen LogP contribution in [0.15, 0.2) is 12.1 Å². The van der Waals surface area contributed by atoms with Crippen LogP contribution in [-0.2, 0) is 0 Å². The molecular weight excluding hydrogens is 292 g/mol. The Bertz CT molecular complexity index is 496. The van der Waals surface area contributed by atoms with E-state index in [9.17, 15) is 9.18 Å². The summed E-state index contributed by atoms with van der Waals surface area (Å²) in [7, 11) is 0. The minimum absolute atomic E-state index is 0.0481. The van der Waals surface area contributed by atoms with Crippen LogP contribution in [0.25, 0.3) is 0 Å². The summed E-state index contributed by atoms with van der Waals surface area (Å²) in [5, 5.41) is 9.19. The first-order valence-electron chi connectivity index (χ1n) is 6.07. The van der Waals surface area contributed by atoms with Crippen LogP contribution in [0.4, 0.5) is 4.39 Å². The predicted octanol–water partition coefficient (Wildman–Crippen LogP) is 2.98. The summed E-state index contributed by atoms with van der Waals surface area (Å²) in [6.45, 7) is 1.11. The second kappa shape index (κ2) is 6.07. The Morgan fingerprint density at radius 1 is 1.42 bits per heavy atom. The third-order valence-electron chi connectivity index (χ3n) is 3.30. The van der Waals surface area contributed by atoms with Crippen molar-refractivity contribution in [3.63, 3.8) is 0 Å². The van der Waals surface area contributed by atoms with Gasteiger partial charge in [-0.1, -0.05) is 23.2 Å². The molecule has 1 aromatic rings. The summed E-state index contributed by atoms with van der Waals surface area (Å²) in [6.07, 6.45) is 1.72. The number of aliphatic hydroxyl groups excluding tert-OH is 1. The van der Waals surface area contributed by atoms with Gasteiger partial charge in [0.05, 0.1) is 15.6 Å². The molecule has 0 bridgehead atoms. The first-order valence-corrected chi connectivity index (χ1v) is 6.83. The van der Waals surface area contributed by atoms with Crippen molar-refractivity contribution in [3.8, 4) is 0 Å². The summed E-state index contributed by atoms with van der Waals surface area (Å²) in [5.41, 5.74) is 0.113. The fourth-order valence-electron chi connectivity index (χ4n) is 2.26. The van der Waals surface area contributed by atoms with Crippen molar-refractivity contribution in [1.82, 2.24) is 4.90 Å². The number of carbonyl (C=O) groups is 1. The Labute approximate surface area is 120 Å². The van der Waals surface area contributed by atoms with Crippen LogP contribution >= 0.6 is 23.2 Å². The topological polar surface area (TPSA) is 40.5 Å². The summed E-state index contributed by atoms with van der Waals surface area (Å²) in [4.78, 5) is 13.9. The van der Waals surface area contributed by atoms with Gasteiger partial charge in [0.15, 0.2) is 0 Å². The SMILES string of the molecule is O=C(c1cc(F)c(Cl)cc1Cl)N1CCCC(CO)C1. The quantitative estimate of drug-likeness (QED) is 0.853. The van der Waals surface area contributed by atoms with Gasteiger partial charge in [-0.3, -0.25) is 4.79 Å². The maximum absolute atomic E-state index is 13.4. The van der Waals surface area contributed by atoms with Gasteiger partial charge in [0.25, 0.3) is 5.91 Å². The van der Waals surface area contributed by atoms with Crippen molar-refractivity contribution in [1.29, 1.82) is 0 Å². The van der Waals surface area contributed by atoms with Crippen LogP contribution in [0.2, 0.25) is 10.0 Å². The Balaban J connectivity index is 2.22. The zero-order valence-corrected chi connectivity index (χ0v) is 11.7. The van der Waals surface area contributed by atoms with Crippen LogP contribution in [0.1, 0.15) is 23.2 Å². The highest BCUT2D eigenvalue weighted by molar-refractivity contribution is 6.36. The minimum atomic E-state index is -0.662. The van der Waals surface area contributed by atoms with E-state index in [2.05, 4.69) is 0 Å². The van der Waals surface area contributed by atoms with Crippen molar-refractivity contribution in [2.45, 2.75) is 12.8 Å². The molecule has 19 heavy (non-hydrogen) atoms. The van der Waals surface area contributed by atoms with E-state index in [4.69, 9.17) is 28.3 Å². The summed E-state index contributed by atoms with van der Waals surface area (Å²) >= 11 is 11.5. The van der Waals surface area contributed by atoms with Crippen molar-refractivity contribution in [3.05, 3.63) is 33.6 Å². The molecule has 0 aromatic heterocycles. The molecule has 6 heteroatoms. The van der Waals surface area contributed by atoms with Gasteiger partial charge in [-0.05, 0) is 30.9 Å². The number of carbonyl (C=O) groups excluding carboxylic acids is 1. The zero-order valence-electron chi connectivity index (χ0n) is 10.2. The Hall–Kier alpha value is -0.840. The third-order valence-corrected chi connectivity index (χ3v) is 3.91. The lowest BCUT2D eigenvalue weighted by atomic mass is 9.98. The summed E-state index contributed by atoms with van der Waals surface area (Å²) in [5.74, 6) is -0.905. The number of benzene rings is 1. The van der Waals surface area contributed by atoms with Gasteiger partial charge >= 0.3 is 0 Å². The van der Waals surface area contributed by atoms with E-state index in [1.165, 1.54) is 6.07 Å². The highest BCUT2D eigenvalue weighted by atomic mass is 35.5. The van der Waals surface area contributed by atoms with Crippen molar-refractivity contribution in [2.75, 3.05) is 19.7 Å². The first kappa shape index (κ1) is 14.6. The molecular formula is C13H14Cl2FNO2. The first-order chi connectivity index (χ1) is 9.02. The van der Waals surface area contributed by atoms with Gasteiger partial charge in [-0.2, -0.15) is 0 Å². The van der Waals surface area contributed by atoms with Gasteiger partial charge in [-0.15, -0.1) is 0 Å². The zero-order chi connectivity index (χ0) is 14.0. The van der Waals surface area contributed by atoms with Crippen LogP contribution < -0.4 is 0 Å². The molecule has 0 aliphatic carbocycles. The number of piperidine rings is 1. The van der Waals surface area contributed by atoms with Gasteiger partial charge in [0.2, 0.25) is 0 Å². The van der Waals surface area contributed by atoms with Gasteiger partial charge in [0, 0.05) is 19.7 Å². The molecule has 0 radical (unpaired) electrons. The Morgan fingerprint density at radius 2 is 2.16 bits per heavy atom. The van der Waals surface area contributed by atoms with Crippen LogP contribution in [-0.4, -0.2) is 35.6 Å². The van der Waals surface area contributed by atoms with E-state index < -0.39 is 5.82 Å². The predicted molar refractivity (Wildman–Crippen MR) is 72.1 cm³/mol. The largest absolute Gasteiger partial charge is 0.396 e. The molecule has 1 fully saturated rings. The van der Waals surface area contributed by atoms with Gasteiger partial charge in [0.1, 0.15) is 5.82 Å². The van der Waals surface area contributed by atoms with Crippen LogP contribution in [0, 0.1) is 11.7 Å². The van der Waals surface area contributed by atoms with Crippen LogP contribution in [0.3, 0.4) is 0 Å². The smallest absolute Gasteiger partial charge is 0.255 e. The average molecular weight is 306 g/mol. The minimum Gasteiger partial charge on any atom is -0.396 e. The maximum Gasteiger partial charge on any atom is 0.255 e. The lowest BCUT2D eigenvalue weighted by Crippen LogP contribution is -2.41. The van der Waals surface area contributed by atoms with Crippen molar-refractivity contribution < 1.29 is 14.3 Å². The van der Waals surface area contributed by atoms with E-state index in [1.54, 1.807) is 4.90 Å². The number of nitrogens with zero attached hydrogens (tertiary/aromatic N) is 1. The fraction of sp³-hybridized carbons (Fsp3) is 0.462. The standard InChI is InChI=1S/C13H14Cl2FNO2/c14-10-5-11(15)12(16)4-9(10)13(19)17-3-1-2-8(6-17)7-18/h4-5,8,18H,1-3,6-7H2. The fourth-order valence-corrected chi connectivity index (χ4v) is 2.72. The molecule has 0 spiro atoms. The molecule has 1 aliphatic heterocycles. The van der Waals surface area contributed by atoms with E-state index in [0.29, 0.717) is 13.1 Å². The molecule has 1 atom stereocenters. The van der Waals surface area contributed by atoms with E-state index in [1.807, 2.05) is 0 Å². The lowest BCUT2D eigenvalue weighted by molar-refractivity contribution is 0.0620. The summed E-state index contributed by atoms with van der Waals surface area (Å²) in [6, 6.07) is 2.30. The second-order valence-electron chi connectivity index (χ2n) is 4.69. The number of aliphatic hydroxyl groups is 1. The molecule has 104 valence electrons. The maximum atomic E-state index is 13.4. The van der Waals surface area contributed by atoms with Crippen LogP contribution in [0.5, 0.6) is 0 Å². The van der Waals surface area contributed by atoms with E-state index in [-0.39, 0.29) is 34.0 Å². The lowest BCUT2D eigenvalue weighted by Gasteiger charge is -2.32. The third kappa shape index (κ3) is 3.19. The number of amides is 1. The normalized spacial score (nSPS) is 19.6. The highest BCUT2D eigenvalue weighted by Gasteiger charge is 2.26. The molecule has 1 aliphatic rings. The number of rotatable bonds is 2. The molecule has 1 aromatic carbocycles. The number of hydrogen-bond acceptors (Lipinski definition) is 2. The molecule has 1 unspecified atom stereocenters. The number of halogens is 3. The molecule has 2 rings (SSSR count). The summed E-state index contributed by atoms with van der Waals surface area (Å²) < 4.78 is 13.4. The average Bonchev–Trinajstić information content (AvgIpc) is 2.42. The van der Waals surface area contributed by atoms with E-state index >= 15 is 0 Å². The highest BCUT2D eigenvalue weighted by Crippen LogP contribution is 2.27. The van der Waals surface area contributed by atoms with E-state index in [0.717, 1.165) is 18.9 Å². The molecule has 3 nitrogen and oxygen atoms in total. The number of likely N-dealkylation sites (tertiary alicyclic amines) is 1. The second-order valence-corrected chi connectivity index (χ2v) is 5.50. The molecule has 1 saturated heterocycles. The molecule has 0 saturated carbocycles. The molecule has 1 N–H and O–H groups in total.